The summed E-state index contributed by atoms with van der Waals surface area (Å²) in [5, 5.41) is 6.57. The fourth-order valence-corrected chi connectivity index (χ4v) is 2.05. The van der Waals surface area contributed by atoms with Crippen molar-refractivity contribution >= 4 is 34.9 Å². The first-order chi connectivity index (χ1) is 9.61. The summed E-state index contributed by atoms with van der Waals surface area (Å²) in [5.41, 5.74) is 1.22. The van der Waals surface area contributed by atoms with Crippen molar-refractivity contribution < 1.29 is 4.79 Å². The number of pyridine rings is 1. The highest BCUT2D eigenvalue weighted by molar-refractivity contribution is 6.33. The standard InChI is InChI=1S/C14H13Cl2N3O/c1-17-13-6-10(12(16)8-18-13)14(20)19-7-9-4-2-3-5-11(9)15/h2-6,8H,7H2,1H3,(H,17,18)(H,19,20). The molecule has 1 amide bonds. The number of aromatic nitrogens is 1. The van der Waals surface area contributed by atoms with Crippen LogP contribution in [0.15, 0.2) is 36.5 Å². The van der Waals surface area contributed by atoms with Crippen molar-refractivity contribution in [3.63, 3.8) is 0 Å². The summed E-state index contributed by atoms with van der Waals surface area (Å²) in [6, 6.07) is 8.94. The van der Waals surface area contributed by atoms with Crippen LogP contribution in [0.4, 0.5) is 5.82 Å². The van der Waals surface area contributed by atoms with E-state index in [1.807, 2.05) is 18.2 Å². The fourth-order valence-electron chi connectivity index (χ4n) is 1.66. The Morgan fingerprint density at radius 2 is 2.00 bits per heavy atom. The maximum Gasteiger partial charge on any atom is 0.253 e. The van der Waals surface area contributed by atoms with Crippen molar-refractivity contribution in [3.05, 3.63) is 57.7 Å². The van der Waals surface area contributed by atoms with Crippen molar-refractivity contribution in [1.29, 1.82) is 0 Å². The van der Waals surface area contributed by atoms with Crippen molar-refractivity contribution in [2.24, 2.45) is 0 Å². The first kappa shape index (κ1) is 14.6. The van der Waals surface area contributed by atoms with Crippen LogP contribution in [0.2, 0.25) is 10.0 Å². The highest BCUT2D eigenvalue weighted by Gasteiger charge is 2.12. The summed E-state index contributed by atoms with van der Waals surface area (Å²) in [6.07, 6.45) is 1.44. The topological polar surface area (TPSA) is 54.0 Å². The van der Waals surface area contributed by atoms with Crippen molar-refractivity contribution in [3.8, 4) is 0 Å². The van der Waals surface area contributed by atoms with Crippen molar-refractivity contribution in [2.75, 3.05) is 12.4 Å². The van der Waals surface area contributed by atoms with Gasteiger partial charge in [0.25, 0.3) is 5.91 Å². The maximum atomic E-state index is 12.1. The third kappa shape index (κ3) is 3.40. The van der Waals surface area contributed by atoms with Crippen LogP contribution < -0.4 is 10.6 Å². The predicted octanol–water partition coefficient (Wildman–Crippen LogP) is 3.36. The molecule has 0 atom stereocenters. The van der Waals surface area contributed by atoms with Gasteiger partial charge >= 0.3 is 0 Å². The summed E-state index contributed by atoms with van der Waals surface area (Å²) >= 11 is 12.0. The lowest BCUT2D eigenvalue weighted by molar-refractivity contribution is 0.0951. The molecule has 1 aromatic carbocycles. The van der Waals surface area contributed by atoms with Gasteiger partial charge in [0.05, 0.1) is 10.6 Å². The second-order valence-electron chi connectivity index (χ2n) is 4.07. The highest BCUT2D eigenvalue weighted by atomic mass is 35.5. The van der Waals surface area contributed by atoms with Gasteiger partial charge in [-0.25, -0.2) is 4.98 Å². The number of amides is 1. The molecule has 1 heterocycles. The number of benzene rings is 1. The van der Waals surface area contributed by atoms with Gasteiger partial charge in [-0.1, -0.05) is 41.4 Å². The van der Waals surface area contributed by atoms with Crippen LogP contribution >= 0.6 is 23.2 Å². The number of halogens is 2. The molecule has 0 spiro atoms. The van der Waals surface area contributed by atoms with Crippen LogP contribution in [0, 0.1) is 0 Å². The number of nitrogens with zero attached hydrogens (tertiary/aromatic N) is 1. The highest BCUT2D eigenvalue weighted by Crippen LogP contribution is 2.19. The van der Waals surface area contributed by atoms with Gasteiger partial charge in [-0.2, -0.15) is 0 Å². The Hall–Kier alpha value is -1.78. The minimum atomic E-state index is -0.270. The zero-order valence-electron chi connectivity index (χ0n) is 10.8. The first-order valence-electron chi connectivity index (χ1n) is 5.96. The monoisotopic (exact) mass is 309 g/mol. The molecule has 6 heteroatoms. The normalized spacial score (nSPS) is 10.2. The Morgan fingerprint density at radius 3 is 2.70 bits per heavy atom. The second-order valence-corrected chi connectivity index (χ2v) is 4.89. The molecular formula is C14H13Cl2N3O. The van der Waals surface area contributed by atoms with E-state index in [1.165, 1.54) is 6.20 Å². The predicted molar refractivity (Wildman–Crippen MR) is 81.4 cm³/mol. The third-order valence-electron chi connectivity index (χ3n) is 2.75. The van der Waals surface area contributed by atoms with Gasteiger partial charge in [0.15, 0.2) is 0 Å². The molecule has 0 aliphatic heterocycles. The van der Waals surface area contributed by atoms with E-state index in [0.29, 0.717) is 28.0 Å². The number of rotatable bonds is 4. The molecule has 0 radical (unpaired) electrons. The first-order valence-corrected chi connectivity index (χ1v) is 6.72. The Bertz CT molecular complexity index is 632. The van der Waals surface area contributed by atoms with E-state index < -0.39 is 0 Å². The average molecular weight is 310 g/mol. The van der Waals surface area contributed by atoms with Crippen LogP contribution in [0.5, 0.6) is 0 Å². The summed E-state index contributed by atoms with van der Waals surface area (Å²) in [6.45, 7) is 0.339. The van der Waals surface area contributed by atoms with E-state index in [4.69, 9.17) is 23.2 Å². The third-order valence-corrected chi connectivity index (χ3v) is 3.42. The van der Waals surface area contributed by atoms with Crippen molar-refractivity contribution in [1.82, 2.24) is 10.3 Å². The molecule has 2 rings (SSSR count). The molecule has 0 saturated heterocycles. The molecule has 1 aromatic heterocycles. The van der Waals surface area contributed by atoms with Gasteiger partial charge < -0.3 is 10.6 Å². The number of hydrogen-bond donors (Lipinski definition) is 2. The lowest BCUT2D eigenvalue weighted by Crippen LogP contribution is -2.23. The zero-order chi connectivity index (χ0) is 14.5. The molecular weight excluding hydrogens is 297 g/mol. The molecule has 0 aliphatic carbocycles. The van der Waals surface area contributed by atoms with Crippen LogP contribution in [0.3, 0.4) is 0 Å². The summed E-state index contributed by atoms with van der Waals surface area (Å²) in [7, 11) is 1.72. The Labute approximate surface area is 127 Å². The fraction of sp³-hybridized carbons (Fsp3) is 0.143. The molecule has 0 fully saturated rings. The quantitative estimate of drug-likeness (QED) is 0.910. The van der Waals surface area contributed by atoms with Gasteiger partial charge in [-0.3, -0.25) is 4.79 Å². The smallest absolute Gasteiger partial charge is 0.253 e. The van der Waals surface area contributed by atoms with Gasteiger partial charge in [-0.15, -0.1) is 0 Å². The van der Waals surface area contributed by atoms with E-state index in [1.54, 1.807) is 19.2 Å². The van der Waals surface area contributed by atoms with E-state index >= 15 is 0 Å². The van der Waals surface area contributed by atoms with Gasteiger partial charge in [0.1, 0.15) is 5.82 Å². The van der Waals surface area contributed by atoms with E-state index in [2.05, 4.69) is 15.6 Å². The van der Waals surface area contributed by atoms with Gasteiger partial charge in [0.2, 0.25) is 0 Å². The molecule has 2 aromatic rings. The molecule has 104 valence electrons. The SMILES string of the molecule is CNc1cc(C(=O)NCc2ccccc2Cl)c(Cl)cn1. The van der Waals surface area contributed by atoms with Gasteiger partial charge in [0, 0.05) is 24.8 Å². The number of carbonyl (C=O) groups excluding carboxylic acids is 1. The summed E-state index contributed by atoms with van der Waals surface area (Å²) in [5.74, 6) is 0.311. The van der Waals surface area contributed by atoms with Crippen LogP contribution in [0.25, 0.3) is 0 Å². The molecule has 0 saturated carbocycles. The second kappa shape index (κ2) is 6.59. The zero-order valence-corrected chi connectivity index (χ0v) is 12.3. The number of carbonyl (C=O) groups is 1. The van der Waals surface area contributed by atoms with Crippen LogP contribution in [-0.4, -0.2) is 17.9 Å². The molecule has 0 unspecified atom stereocenters. The minimum absolute atomic E-state index is 0.270. The number of nitrogens with one attached hydrogen (secondary N) is 2. The van der Waals surface area contributed by atoms with E-state index in [-0.39, 0.29) is 5.91 Å². The largest absolute Gasteiger partial charge is 0.373 e. The van der Waals surface area contributed by atoms with Gasteiger partial charge in [-0.05, 0) is 17.7 Å². The molecule has 4 nitrogen and oxygen atoms in total. The summed E-state index contributed by atoms with van der Waals surface area (Å²) in [4.78, 5) is 16.2. The summed E-state index contributed by atoms with van der Waals surface area (Å²) < 4.78 is 0. The molecule has 0 bridgehead atoms. The average Bonchev–Trinajstić information content (AvgIpc) is 2.46. The lowest BCUT2D eigenvalue weighted by atomic mass is 10.2. The maximum absolute atomic E-state index is 12.1. The van der Waals surface area contributed by atoms with Crippen LogP contribution in [-0.2, 0) is 6.54 Å². The van der Waals surface area contributed by atoms with E-state index in [0.717, 1.165) is 5.56 Å². The number of anilines is 1. The Morgan fingerprint density at radius 1 is 1.25 bits per heavy atom. The Kier molecular flexibility index (Phi) is 4.82. The van der Waals surface area contributed by atoms with Crippen LogP contribution in [0.1, 0.15) is 15.9 Å². The number of hydrogen-bond acceptors (Lipinski definition) is 3. The van der Waals surface area contributed by atoms with E-state index in [9.17, 15) is 4.79 Å². The minimum Gasteiger partial charge on any atom is -0.373 e. The Balaban J connectivity index is 2.11. The molecule has 20 heavy (non-hydrogen) atoms. The molecule has 2 N–H and O–H groups in total. The molecule has 0 aliphatic rings. The van der Waals surface area contributed by atoms with Crippen molar-refractivity contribution in [2.45, 2.75) is 6.54 Å². The lowest BCUT2D eigenvalue weighted by Gasteiger charge is -2.09.